The molecule has 0 radical (unpaired) electrons. The van der Waals surface area contributed by atoms with Crippen molar-refractivity contribution in [3.63, 3.8) is 0 Å². The Morgan fingerprint density at radius 2 is 1.91 bits per heavy atom. The molecule has 0 unspecified atom stereocenters. The van der Waals surface area contributed by atoms with Crippen LogP contribution in [0.5, 0.6) is 0 Å². The van der Waals surface area contributed by atoms with Crippen molar-refractivity contribution in [3.05, 3.63) is 43.0 Å². The number of para-hydroxylation sites is 1. The minimum absolute atomic E-state index is 0.713. The number of anilines is 1. The molecule has 6 nitrogen and oxygen atoms in total. The van der Waals surface area contributed by atoms with E-state index in [4.69, 9.17) is 15.6 Å². The number of aliphatic carboxylic acids is 1. The van der Waals surface area contributed by atoms with Gasteiger partial charge in [-0.3, -0.25) is 4.98 Å². The summed E-state index contributed by atoms with van der Waals surface area (Å²) in [5.41, 5.74) is 10.5. The second kappa shape index (κ2) is 6.34. The third-order valence-corrected chi connectivity index (χ3v) is 2.84. The summed E-state index contributed by atoms with van der Waals surface area (Å²) < 4.78 is 31.7. The fourth-order valence-corrected chi connectivity index (χ4v) is 1.81. The first-order valence-corrected chi connectivity index (χ1v) is 6.22. The predicted octanol–water partition coefficient (Wildman–Crippen LogP) is 2.84. The molecule has 23 heavy (non-hydrogen) atoms. The van der Waals surface area contributed by atoms with Crippen LogP contribution in [0.15, 0.2) is 43.0 Å². The molecule has 3 rings (SSSR count). The number of H-pyrrole nitrogens is 1. The molecule has 3 aromatic rings. The summed E-state index contributed by atoms with van der Waals surface area (Å²) in [5, 5.41) is 7.12. The highest BCUT2D eigenvalue weighted by molar-refractivity contribution is 5.94. The maximum Gasteiger partial charge on any atom is 0.490 e. The zero-order chi connectivity index (χ0) is 17.0. The topological polar surface area (TPSA) is 105 Å². The minimum atomic E-state index is -5.08. The van der Waals surface area contributed by atoms with Crippen LogP contribution in [0.3, 0.4) is 0 Å². The number of carbonyl (C=O) groups is 1. The van der Waals surface area contributed by atoms with E-state index in [-0.39, 0.29) is 0 Å². The minimum Gasteiger partial charge on any atom is -0.475 e. The van der Waals surface area contributed by atoms with E-state index in [0.29, 0.717) is 5.69 Å². The third kappa shape index (κ3) is 3.76. The van der Waals surface area contributed by atoms with Gasteiger partial charge >= 0.3 is 12.1 Å². The first kappa shape index (κ1) is 16.3. The van der Waals surface area contributed by atoms with Crippen LogP contribution < -0.4 is 5.73 Å². The zero-order valence-corrected chi connectivity index (χ0v) is 11.5. The van der Waals surface area contributed by atoms with Gasteiger partial charge in [0.25, 0.3) is 0 Å². The third-order valence-electron chi connectivity index (χ3n) is 2.84. The number of hydrogen-bond donors (Lipinski definition) is 3. The molecule has 0 bridgehead atoms. The van der Waals surface area contributed by atoms with Gasteiger partial charge in [0, 0.05) is 29.2 Å². The number of carboxylic acid groups (broad SMARTS) is 1. The monoisotopic (exact) mass is 324 g/mol. The van der Waals surface area contributed by atoms with Gasteiger partial charge in [0.2, 0.25) is 0 Å². The van der Waals surface area contributed by atoms with E-state index >= 15 is 0 Å². The lowest BCUT2D eigenvalue weighted by molar-refractivity contribution is -0.192. The number of pyridine rings is 1. The molecule has 0 fully saturated rings. The van der Waals surface area contributed by atoms with Gasteiger partial charge in [-0.2, -0.15) is 13.2 Å². The molecule has 0 aliphatic heterocycles. The number of carboxylic acids is 1. The van der Waals surface area contributed by atoms with E-state index < -0.39 is 12.1 Å². The molecule has 0 aliphatic carbocycles. The van der Waals surface area contributed by atoms with Gasteiger partial charge in [0.1, 0.15) is 0 Å². The van der Waals surface area contributed by atoms with E-state index in [1.54, 1.807) is 24.8 Å². The Labute approximate surface area is 127 Å². The quantitative estimate of drug-likeness (QED) is 0.638. The van der Waals surface area contributed by atoms with Gasteiger partial charge < -0.3 is 15.8 Å². The van der Waals surface area contributed by atoms with Crippen molar-refractivity contribution in [2.45, 2.75) is 6.18 Å². The number of fused-ring (bicyclic) bond motifs is 1. The Morgan fingerprint density at radius 3 is 2.52 bits per heavy atom. The van der Waals surface area contributed by atoms with Crippen LogP contribution >= 0.6 is 0 Å². The molecule has 2 heterocycles. The summed E-state index contributed by atoms with van der Waals surface area (Å²) >= 11 is 0. The van der Waals surface area contributed by atoms with Crippen LogP contribution in [0, 0.1) is 0 Å². The number of aromatic amines is 1. The van der Waals surface area contributed by atoms with Crippen LogP contribution in [0.25, 0.3) is 22.2 Å². The highest BCUT2D eigenvalue weighted by Gasteiger charge is 2.38. The summed E-state index contributed by atoms with van der Waals surface area (Å²) in [6.45, 7) is 0. The van der Waals surface area contributed by atoms with Crippen LogP contribution in [-0.4, -0.2) is 32.2 Å². The Bertz CT molecular complexity index is 830. The Kier molecular flexibility index (Phi) is 4.49. The molecular weight excluding hydrogens is 313 g/mol. The molecule has 0 saturated heterocycles. The second-order valence-electron chi connectivity index (χ2n) is 4.37. The SMILES string of the molecule is Nc1ccncc1-c1cccc2[nH]cnc12.O=C(O)C(F)(F)F. The number of aromatic nitrogens is 3. The van der Waals surface area contributed by atoms with Crippen molar-refractivity contribution in [3.8, 4) is 11.1 Å². The number of benzene rings is 1. The van der Waals surface area contributed by atoms with E-state index in [2.05, 4.69) is 15.0 Å². The van der Waals surface area contributed by atoms with Gasteiger partial charge in [-0.05, 0) is 12.1 Å². The fraction of sp³-hybridized carbons (Fsp3) is 0.0714. The first-order chi connectivity index (χ1) is 10.8. The molecule has 0 spiro atoms. The predicted molar refractivity (Wildman–Crippen MR) is 77.4 cm³/mol. The smallest absolute Gasteiger partial charge is 0.475 e. The highest BCUT2D eigenvalue weighted by Crippen LogP contribution is 2.29. The van der Waals surface area contributed by atoms with Crippen molar-refractivity contribution in [1.29, 1.82) is 0 Å². The lowest BCUT2D eigenvalue weighted by Crippen LogP contribution is -2.21. The number of hydrogen-bond acceptors (Lipinski definition) is 4. The Balaban J connectivity index is 0.000000236. The van der Waals surface area contributed by atoms with Crippen LogP contribution in [-0.2, 0) is 4.79 Å². The summed E-state index contributed by atoms with van der Waals surface area (Å²) in [6, 6.07) is 7.75. The average molecular weight is 324 g/mol. The molecule has 9 heteroatoms. The number of nitrogens with zero attached hydrogens (tertiary/aromatic N) is 2. The van der Waals surface area contributed by atoms with Gasteiger partial charge in [0.15, 0.2) is 0 Å². The van der Waals surface area contributed by atoms with Crippen LogP contribution in [0.1, 0.15) is 0 Å². The van der Waals surface area contributed by atoms with Crippen molar-refractivity contribution < 1.29 is 23.1 Å². The van der Waals surface area contributed by atoms with Crippen molar-refractivity contribution in [2.75, 3.05) is 5.73 Å². The first-order valence-electron chi connectivity index (χ1n) is 6.22. The maximum absolute atomic E-state index is 10.6. The molecule has 0 amide bonds. The molecule has 0 saturated carbocycles. The molecule has 0 atom stereocenters. The largest absolute Gasteiger partial charge is 0.490 e. The molecular formula is C14H11F3N4O2. The van der Waals surface area contributed by atoms with E-state index in [9.17, 15) is 13.2 Å². The van der Waals surface area contributed by atoms with Gasteiger partial charge in [0.05, 0.1) is 17.4 Å². The number of nitrogens with two attached hydrogens (primary N) is 1. The summed E-state index contributed by atoms with van der Waals surface area (Å²) in [4.78, 5) is 20.4. The second-order valence-corrected chi connectivity index (χ2v) is 4.37. The standard InChI is InChI=1S/C12H10N4.C2HF3O2/c13-10-4-5-14-6-9(10)8-2-1-3-11-12(8)16-7-15-11;3-2(4,5)1(6)7/h1-7H,(H2,13,14)(H,15,16);(H,6,7). The van der Waals surface area contributed by atoms with Gasteiger partial charge in [-0.15, -0.1) is 0 Å². The van der Waals surface area contributed by atoms with Crippen molar-refractivity contribution >= 4 is 22.7 Å². The molecule has 120 valence electrons. The van der Waals surface area contributed by atoms with E-state index in [1.165, 1.54) is 0 Å². The molecule has 2 aromatic heterocycles. The maximum atomic E-state index is 10.6. The Morgan fingerprint density at radius 1 is 1.22 bits per heavy atom. The molecule has 0 aliphatic rings. The summed E-state index contributed by atoms with van der Waals surface area (Å²) in [6.07, 6.45) is 0.0447. The number of nitrogen functional groups attached to an aromatic ring is 1. The lowest BCUT2D eigenvalue weighted by Gasteiger charge is -2.05. The normalized spacial score (nSPS) is 10.9. The zero-order valence-electron chi connectivity index (χ0n) is 11.5. The molecule has 1 aromatic carbocycles. The van der Waals surface area contributed by atoms with Crippen LogP contribution in [0.2, 0.25) is 0 Å². The fourth-order valence-electron chi connectivity index (χ4n) is 1.81. The number of halogens is 3. The van der Waals surface area contributed by atoms with E-state index in [0.717, 1.165) is 22.2 Å². The summed E-state index contributed by atoms with van der Waals surface area (Å²) in [5.74, 6) is -2.76. The lowest BCUT2D eigenvalue weighted by atomic mass is 10.0. The molecule has 4 N–H and O–H groups in total. The average Bonchev–Trinajstić information content (AvgIpc) is 2.96. The van der Waals surface area contributed by atoms with Gasteiger partial charge in [-0.25, -0.2) is 9.78 Å². The summed E-state index contributed by atoms with van der Waals surface area (Å²) in [7, 11) is 0. The van der Waals surface area contributed by atoms with E-state index in [1.807, 2.05) is 18.2 Å². The highest BCUT2D eigenvalue weighted by atomic mass is 19.4. The van der Waals surface area contributed by atoms with Crippen LogP contribution in [0.4, 0.5) is 18.9 Å². The number of nitrogens with one attached hydrogen (secondary N) is 1. The Hall–Kier alpha value is -3.10. The van der Waals surface area contributed by atoms with Crippen molar-refractivity contribution in [2.24, 2.45) is 0 Å². The number of imidazole rings is 1. The van der Waals surface area contributed by atoms with Gasteiger partial charge in [-0.1, -0.05) is 12.1 Å². The van der Waals surface area contributed by atoms with Crippen molar-refractivity contribution in [1.82, 2.24) is 15.0 Å². The number of rotatable bonds is 1. The number of alkyl halides is 3.